The molecule has 0 aliphatic rings. The van der Waals surface area contributed by atoms with Gasteiger partial charge in [0.15, 0.2) is 12.6 Å². The van der Waals surface area contributed by atoms with E-state index in [1.54, 1.807) is 14.0 Å². The fraction of sp³-hybridized carbons (Fsp3) is 0.625. The monoisotopic (exact) mass is 222 g/mol. The van der Waals surface area contributed by atoms with Crippen molar-refractivity contribution in [3.05, 3.63) is 11.7 Å². The Morgan fingerprint density at radius 2 is 1.60 bits per heavy atom. The molecule has 0 saturated carbocycles. The van der Waals surface area contributed by atoms with E-state index in [2.05, 4.69) is 16.2 Å². The normalized spacial score (nSPS) is 10.4. The van der Waals surface area contributed by atoms with Gasteiger partial charge in [-0.15, -0.1) is 0 Å². The number of ether oxygens (including phenoxy) is 4. The first-order valence-electron chi connectivity index (χ1n) is 3.95. The lowest BCUT2D eigenvalue weighted by atomic mass is 10.6. The molecule has 0 aromatic heterocycles. The highest BCUT2D eigenvalue weighted by Crippen LogP contribution is 2.06. The number of nitrogens with two attached hydrogens (primary N) is 2. The summed E-state index contributed by atoms with van der Waals surface area (Å²) in [6.45, 7) is 1.90. The van der Waals surface area contributed by atoms with Crippen molar-refractivity contribution in [2.24, 2.45) is 11.5 Å². The highest BCUT2D eigenvalue weighted by Gasteiger charge is 2.02. The average Bonchev–Trinajstić information content (AvgIpc) is 2.17. The number of urea groups is 1. The van der Waals surface area contributed by atoms with Gasteiger partial charge in [0.25, 0.3) is 0 Å². The molecule has 0 atom stereocenters. The maximum absolute atomic E-state index is 9.00. The topological polar surface area (TPSA) is 106 Å². The van der Waals surface area contributed by atoms with Gasteiger partial charge in [0.05, 0.1) is 14.2 Å². The SMILES string of the molecule is COCOC(OC)=C(C)OC.NC(N)=O. The minimum absolute atomic E-state index is 0.157. The third kappa shape index (κ3) is 12.4. The molecule has 0 heterocycles. The van der Waals surface area contributed by atoms with Gasteiger partial charge in [-0.2, -0.15) is 0 Å². The molecule has 0 fully saturated rings. The second-order valence-electron chi connectivity index (χ2n) is 2.21. The Hall–Kier alpha value is -1.63. The van der Waals surface area contributed by atoms with Crippen LogP contribution in [0, 0.1) is 0 Å². The van der Waals surface area contributed by atoms with Gasteiger partial charge in [-0.3, -0.25) is 0 Å². The van der Waals surface area contributed by atoms with Crippen molar-refractivity contribution in [1.82, 2.24) is 0 Å². The molecule has 7 nitrogen and oxygen atoms in total. The largest absolute Gasteiger partial charge is 0.494 e. The predicted octanol–water partition coefficient (Wildman–Crippen LogP) is 0.113. The second kappa shape index (κ2) is 10.5. The molecule has 0 aliphatic carbocycles. The average molecular weight is 222 g/mol. The van der Waals surface area contributed by atoms with Crippen molar-refractivity contribution in [2.45, 2.75) is 6.92 Å². The van der Waals surface area contributed by atoms with E-state index >= 15 is 0 Å². The first-order valence-corrected chi connectivity index (χ1v) is 3.95. The Morgan fingerprint density at radius 1 is 1.13 bits per heavy atom. The second-order valence-corrected chi connectivity index (χ2v) is 2.21. The molecule has 0 radical (unpaired) electrons. The molecule has 0 spiro atoms. The Morgan fingerprint density at radius 3 is 1.87 bits per heavy atom. The number of hydrogen-bond donors (Lipinski definition) is 2. The van der Waals surface area contributed by atoms with E-state index in [4.69, 9.17) is 19.0 Å². The predicted molar refractivity (Wildman–Crippen MR) is 53.4 cm³/mol. The lowest BCUT2D eigenvalue weighted by Gasteiger charge is -2.09. The molecule has 15 heavy (non-hydrogen) atoms. The quantitative estimate of drug-likeness (QED) is 0.507. The number of primary amides is 2. The summed E-state index contributed by atoms with van der Waals surface area (Å²) in [5.41, 5.74) is 8.50. The van der Waals surface area contributed by atoms with Crippen molar-refractivity contribution < 1.29 is 23.7 Å². The van der Waals surface area contributed by atoms with Crippen LogP contribution >= 0.6 is 0 Å². The number of amides is 2. The highest BCUT2D eigenvalue weighted by atomic mass is 16.7. The molecule has 2 amide bonds. The molecule has 0 bridgehead atoms. The maximum Gasteiger partial charge on any atom is 0.320 e. The molecular weight excluding hydrogens is 204 g/mol. The van der Waals surface area contributed by atoms with Gasteiger partial charge in [0.1, 0.15) is 0 Å². The van der Waals surface area contributed by atoms with E-state index in [1.807, 2.05) is 0 Å². The van der Waals surface area contributed by atoms with Gasteiger partial charge < -0.3 is 30.4 Å². The fourth-order valence-electron chi connectivity index (χ4n) is 0.500. The van der Waals surface area contributed by atoms with Crippen molar-refractivity contribution in [1.29, 1.82) is 0 Å². The molecule has 90 valence electrons. The minimum Gasteiger partial charge on any atom is -0.494 e. The summed E-state index contributed by atoms with van der Waals surface area (Å²) in [4.78, 5) is 9.00. The summed E-state index contributed by atoms with van der Waals surface area (Å²) >= 11 is 0. The van der Waals surface area contributed by atoms with Gasteiger partial charge >= 0.3 is 12.0 Å². The lowest BCUT2D eigenvalue weighted by Crippen LogP contribution is -2.18. The first kappa shape index (κ1) is 15.8. The van der Waals surface area contributed by atoms with Crippen molar-refractivity contribution in [3.8, 4) is 0 Å². The van der Waals surface area contributed by atoms with Crippen LogP contribution in [0.5, 0.6) is 0 Å². The number of carbonyl (C=O) groups excluding carboxylic acids is 1. The van der Waals surface area contributed by atoms with Crippen LogP contribution in [-0.4, -0.2) is 34.2 Å². The Kier molecular flexibility index (Phi) is 11.0. The molecule has 4 N–H and O–H groups in total. The summed E-state index contributed by atoms with van der Waals surface area (Å²) in [7, 11) is 4.59. The molecule has 7 heteroatoms. The van der Waals surface area contributed by atoms with Gasteiger partial charge in [0.2, 0.25) is 0 Å². The summed E-state index contributed by atoms with van der Waals surface area (Å²) < 4.78 is 19.4. The summed E-state index contributed by atoms with van der Waals surface area (Å²) in [5.74, 6) is 0.930. The van der Waals surface area contributed by atoms with E-state index in [0.717, 1.165) is 0 Å². The van der Waals surface area contributed by atoms with E-state index < -0.39 is 6.03 Å². The van der Waals surface area contributed by atoms with Gasteiger partial charge in [-0.05, 0) is 0 Å². The molecule has 0 rings (SSSR count). The minimum atomic E-state index is -0.833. The standard InChI is InChI=1S/C7H14O4.CH4N2O/c1-6(9-3)7(10-4)11-5-8-2;2-1(3)4/h5H2,1-4H3;(H4,2,3,4). The third-order valence-corrected chi connectivity index (χ3v) is 1.09. The zero-order chi connectivity index (χ0) is 12.3. The van der Waals surface area contributed by atoms with Gasteiger partial charge in [0, 0.05) is 14.0 Å². The number of allylic oxidation sites excluding steroid dienone is 1. The third-order valence-electron chi connectivity index (χ3n) is 1.09. The zero-order valence-electron chi connectivity index (χ0n) is 9.40. The van der Waals surface area contributed by atoms with E-state index in [1.165, 1.54) is 14.2 Å². The van der Waals surface area contributed by atoms with E-state index in [9.17, 15) is 0 Å². The summed E-state index contributed by atoms with van der Waals surface area (Å²) in [6, 6.07) is -0.833. The first-order chi connectivity index (χ1) is 6.99. The van der Waals surface area contributed by atoms with Crippen LogP contribution in [-0.2, 0) is 18.9 Å². The van der Waals surface area contributed by atoms with Crippen LogP contribution < -0.4 is 11.5 Å². The van der Waals surface area contributed by atoms with Crippen LogP contribution in [0.25, 0.3) is 0 Å². The smallest absolute Gasteiger partial charge is 0.320 e. The van der Waals surface area contributed by atoms with Crippen LogP contribution in [0.1, 0.15) is 6.92 Å². The van der Waals surface area contributed by atoms with Gasteiger partial charge in [-0.25, -0.2) is 4.79 Å². The van der Waals surface area contributed by atoms with Crippen molar-refractivity contribution in [2.75, 3.05) is 28.1 Å². The van der Waals surface area contributed by atoms with Crippen LogP contribution in [0.2, 0.25) is 0 Å². The van der Waals surface area contributed by atoms with E-state index in [0.29, 0.717) is 11.7 Å². The molecular formula is C8H18N2O5. The molecule has 0 unspecified atom stereocenters. The van der Waals surface area contributed by atoms with Crippen molar-refractivity contribution in [3.63, 3.8) is 0 Å². The van der Waals surface area contributed by atoms with Gasteiger partial charge in [-0.1, -0.05) is 0 Å². The fourth-order valence-corrected chi connectivity index (χ4v) is 0.500. The van der Waals surface area contributed by atoms with Crippen LogP contribution in [0.3, 0.4) is 0 Å². The maximum atomic E-state index is 9.00. The molecule has 0 aromatic rings. The summed E-state index contributed by atoms with van der Waals surface area (Å²) in [5, 5.41) is 0. The van der Waals surface area contributed by atoms with Crippen LogP contribution in [0.15, 0.2) is 11.7 Å². The Bertz CT molecular complexity index is 201. The number of methoxy groups -OCH3 is 3. The molecule has 0 aliphatic heterocycles. The Labute approximate surface area is 88.9 Å². The molecule has 0 saturated heterocycles. The lowest BCUT2D eigenvalue weighted by molar-refractivity contribution is -0.0559. The van der Waals surface area contributed by atoms with Crippen molar-refractivity contribution >= 4 is 6.03 Å². The van der Waals surface area contributed by atoms with E-state index in [-0.39, 0.29) is 6.79 Å². The summed E-state index contributed by atoms with van der Waals surface area (Å²) in [6.07, 6.45) is 0. The Balaban J connectivity index is 0. The zero-order valence-corrected chi connectivity index (χ0v) is 9.40. The highest BCUT2D eigenvalue weighted by molar-refractivity contribution is 5.69. The number of hydrogen-bond acceptors (Lipinski definition) is 5. The number of carbonyl (C=O) groups is 1. The van der Waals surface area contributed by atoms with Crippen LogP contribution in [0.4, 0.5) is 4.79 Å². The number of rotatable bonds is 5. The molecule has 0 aromatic carbocycles.